The van der Waals surface area contributed by atoms with Crippen molar-refractivity contribution >= 4 is 11.9 Å². The lowest BCUT2D eigenvalue weighted by Crippen LogP contribution is -2.49. The van der Waals surface area contributed by atoms with Crippen LogP contribution in [0.15, 0.2) is 36.9 Å². The zero-order valence-corrected chi connectivity index (χ0v) is 14.8. The van der Waals surface area contributed by atoms with Gasteiger partial charge in [-0.25, -0.2) is 4.39 Å². The maximum Gasteiger partial charge on any atom is 0.324 e. The van der Waals surface area contributed by atoms with Crippen LogP contribution in [0.5, 0.6) is 0 Å². The number of rotatable bonds is 10. The molecule has 144 valence electrons. The summed E-state index contributed by atoms with van der Waals surface area (Å²) in [5, 5.41) is 20.3. The number of hydroxylamine groups is 2. The number of nitrogens with zero attached hydrogens (tertiary/aromatic N) is 1. The van der Waals surface area contributed by atoms with E-state index >= 15 is 0 Å². The van der Waals surface area contributed by atoms with E-state index in [4.69, 9.17) is 9.47 Å². The Labute approximate surface area is 151 Å². The number of ether oxygens (including phenoxy) is 2. The Morgan fingerprint density at radius 3 is 2.15 bits per heavy atom. The molecule has 1 unspecified atom stereocenters. The van der Waals surface area contributed by atoms with Gasteiger partial charge < -0.3 is 19.9 Å². The Kier molecular flexibility index (Phi) is 8.37. The van der Waals surface area contributed by atoms with Crippen molar-refractivity contribution in [1.82, 2.24) is 5.23 Å². The third-order valence-corrected chi connectivity index (χ3v) is 3.95. The van der Waals surface area contributed by atoms with Crippen molar-refractivity contribution < 1.29 is 28.7 Å². The number of carbonyl (C=O) groups excluding carboxylic acids is 2. The van der Waals surface area contributed by atoms with Gasteiger partial charge in [0.05, 0.1) is 13.2 Å². The predicted octanol–water partition coefficient (Wildman–Crippen LogP) is 2.79. The second-order valence-electron chi connectivity index (χ2n) is 5.54. The van der Waals surface area contributed by atoms with Gasteiger partial charge in [-0.1, -0.05) is 18.2 Å². The zero-order chi connectivity index (χ0) is 19.7. The van der Waals surface area contributed by atoms with E-state index in [2.05, 4.69) is 6.58 Å². The first kappa shape index (κ1) is 21.8. The average molecular weight is 368 g/mol. The number of esters is 2. The van der Waals surface area contributed by atoms with E-state index in [1.807, 2.05) is 0 Å². The van der Waals surface area contributed by atoms with Crippen LogP contribution in [0.3, 0.4) is 0 Å². The Balaban J connectivity index is 3.60. The van der Waals surface area contributed by atoms with E-state index in [-0.39, 0.29) is 24.9 Å². The molecule has 0 aliphatic carbocycles. The van der Waals surface area contributed by atoms with Crippen LogP contribution in [0, 0.1) is 16.4 Å². The van der Waals surface area contributed by atoms with E-state index in [0.717, 1.165) is 12.1 Å². The van der Waals surface area contributed by atoms with Crippen LogP contribution in [0.1, 0.15) is 31.7 Å². The fourth-order valence-corrected chi connectivity index (χ4v) is 2.82. The Hall–Kier alpha value is -2.29. The molecule has 0 amide bonds. The molecule has 7 nitrogen and oxygen atoms in total. The first-order chi connectivity index (χ1) is 12.3. The summed E-state index contributed by atoms with van der Waals surface area (Å²) in [6, 6.07) is 4.92. The summed E-state index contributed by atoms with van der Waals surface area (Å²) in [5.74, 6) is -3.50. The molecule has 0 saturated carbocycles. The normalized spacial score (nSPS) is 12.5. The van der Waals surface area contributed by atoms with Gasteiger partial charge >= 0.3 is 11.9 Å². The first-order valence-corrected chi connectivity index (χ1v) is 8.17. The fourth-order valence-electron chi connectivity index (χ4n) is 2.82. The number of benzene rings is 1. The van der Waals surface area contributed by atoms with Crippen molar-refractivity contribution in [1.29, 1.82) is 0 Å². The Morgan fingerprint density at radius 2 is 1.77 bits per heavy atom. The lowest BCUT2D eigenvalue weighted by Gasteiger charge is -2.38. The SMILES string of the molecule is C=CCC(C(=O)OCC)(C(=O)OCC)C(CN([O-])O)c1ccc(F)cc1. The summed E-state index contributed by atoms with van der Waals surface area (Å²) >= 11 is 0. The Morgan fingerprint density at radius 1 is 1.27 bits per heavy atom. The molecule has 0 heterocycles. The fraction of sp³-hybridized carbons (Fsp3) is 0.444. The quantitative estimate of drug-likeness (QED) is 0.293. The molecule has 1 rings (SSSR count). The van der Waals surface area contributed by atoms with Gasteiger partial charge in [0.1, 0.15) is 5.82 Å². The first-order valence-electron chi connectivity index (χ1n) is 8.17. The predicted molar refractivity (Wildman–Crippen MR) is 91.5 cm³/mol. The maximum atomic E-state index is 13.3. The second-order valence-corrected chi connectivity index (χ2v) is 5.54. The topological polar surface area (TPSA) is 99.1 Å². The average Bonchev–Trinajstić information content (AvgIpc) is 2.59. The smallest absolute Gasteiger partial charge is 0.324 e. The molecule has 0 saturated heterocycles. The van der Waals surface area contributed by atoms with Crippen LogP contribution in [0.4, 0.5) is 4.39 Å². The summed E-state index contributed by atoms with van der Waals surface area (Å²) in [4.78, 5) is 25.6. The molecule has 0 aliphatic heterocycles. The van der Waals surface area contributed by atoms with Gasteiger partial charge in [0.2, 0.25) is 0 Å². The highest BCUT2D eigenvalue weighted by molar-refractivity contribution is 6.01. The van der Waals surface area contributed by atoms with Crippen LogP contribution in [-0.2, 0) is 19.1 Å². The van der Waals surface area contributed by atoms with E-state index < -0.39 is 35.6 Å². The number of carbonyl (C=O) groups is 2. The minimum Gasteiger partial charge on any atom is -0.762 e. The molecule has 0 bridgehead atoms. The van der Waals surface area contributed by atoms with E-state index in [1.54, 1.807) is 13.8 Å². The van der Waals surface area contributed by atoms with Crippen LogP contribution in [-0.4, -0.2) is 42.1 Å². The zero-order valence-electron chi connectivity index (χ0n) is 14.8. The minimum absolute atomic E-state index is 0.00646. The second kappa shape index (κ2) is 10.0. The van der Waals surface area contributed by atoms with Crippen LogP contribution >= 0.6 is 0 Å². The number of allylic oxidation sites excluding steroid dienone is 1. The van der Waals surface area contributed by atoms with Gasteiger partial charge in [-0.15, -0.1) is 6.58 Å². The minimum atomic E-state index is -1.95. The maximum absolute atomic E-state index is 13.3. The van der Waals surface area contributed by atoms with Crippen LogP contribution in [0.25, 0.3) is 0 Å². The lowest BCUT2D eigenvalue weighted by atomic mass is 9.69. The molecule has 1 atom stereocenters. The molecule has 0 aliphatic rings. The highest BCUT2D eigenvalue weighted by Crippen LogP contribution is 2.42. The summed E-state index contributed by atoms with van der Waals surface area (Å²) in [5.41, 5.74) is -1.65. The highest BCUT2D eigenvalue weighted by atomic mass is 19.1. The highest BCUT2D eigenvalue weighted by Gasteiger charge is 2.54. The van der Waals surface area contributed by atoms with Crippen molar-refractivity contribution in [2.24, 2.45) is 5.41 Å². The van der Waals surface area contributed by atoms with Gasteiger partial charge in [-0.3, -0.25) is 14.8 Å². The third-order valence-electron chi connectivity index (χ3n) is 3.95. The lowest BCUT2D eigenvalue weighted by molar-refractivity contribution is -0.176. The van der Waals surface area contributed by atoms with Gasteiger partial charge in [0.25, 0.3) is 0 Å². The summed E-state index contributed by atoms with van der Waals surface area (Å²) < 4.78 is 23.4. The van der Waals surface area contributed by atoms with Crippen molar-refractivity contribution in [2.45, 2.75) is 26.2 Å². The van der Waals surface area contributed by atoms with Crippen LogP contribution in [0.2, 0.25) is 0 Å². The molecule has 0 aromatic heterocycles. The Bertz CT molecular complexity index is 599. The standard InChI is InChI=1S/C18H23FNO6/c1-4-11-18(16(21)25-5-2,17(22)26-6-3)15(12-20(23)24)13-7-9-14(19)10-8-13/h4,7-10,15,23H,1,5-6,11-12H2,2-3H3/q-1. The van der Waals surface area contributed by atoms with Crippen molar-refractivity contribution in [3.8, 4) is 0 Å². The van der Waals surface area contributed by atoms with Gasteiger partial charge in [0.15, 0.2) is 5.41 Å². The van der Waals surface area contributed by atoms with E-state index in [1.165, 1.54) is 18.2 Å². The molecule has 0 radical (unpaired) electrons. The molecular weight excluding hydrogens is 345 g/mol. The molecule has 1 aromatic carbocycles. The van der Waals surface area contributed by atoms with Gasteiger partial charge in [-0.05, 0) is 38.0 Å². The molecule has 0 fully saturated rings. The molecule has 1 aromatic rings. The molecule has 8 heteroatoms. The van der Waals surface area contributed by atoms with Gasteiger partial charge in [-0.2, -0.15) is 0 Å². The number of hydrogen-bond acceptors (Lipinski definition) is 7. The van der Waals surface area contributed by atoms with Crippen molar-refractivity contribution in [3.63, 3.8) is 0 Å². The van der Waals surface area contributed by atoms with Gasteiger partial charge in [0, 0.05) is 12.5 Å². The summed E-state index contributed by atoms with van der Waals surface area (Å²) in [6.45, 7) is 6.07. The van der Waals surface area contributed by atoms with Crippen molar-refractivity contribution in [2.75, 3.05) is 19.8 Å². The summed E-state index contributed by atoms with van der Waals surface area (Å²) in [7, 11) is 0. The monoisotopic (exact) mass is 368 g/mol. The van der Waals surface area contributed by atoms with Crippen molar-refractivity contribution in [3.05, 3.63) is 53.5 Å². The largest absolute Gasteiger partial charge is 0.762 e. The molecular formula is C18H23FNO6-. The molecule has 0 spiro atoms. The molecule has 26 heavy (non-hydrogen) atoms. The van der Waals surface area contributed by atoms with E-state index in [9.17, 15) is 24.4 Å². The van der Waals surface area contributed by atoms with E-state index in [0.29, 0.717) is 5.56 Å². The summed E-state index contributed by atoms with van der Waals surface area (Å²) in [6.07, 6.45) is 1.14. The third kappa shape index (κ3) is 4.87. The molecule has 1 N–H and O–H groups in total. The van der Waals surface area contributed by atoms with Crippen LogP contribution < -0.4 is 0 Å². The number of halogens is 1. The number of hydrogen-bond donors (Lipinski definition) is 1.